The van der Waals surface area contributed by atoms with E-state index in [1.807, 2.05) is 0 Å². The van der Waals surface area contributed by atoms with Crippen molar-refractivity contribution in [2.45, 2.75) is 12.6 Å². The molecule has 0 amide bonds. The van der Waals surface area contributed by atoms with Crippen LogP contribution in [0.1, 0.15) is 0 Å². The lowest BCUT2D eigenvalue weighted by Gasteiger charge is -2.28. The minimum atomic E-state index is -0.671. The highest BCUT2D eigenvalue weighted by molar-refractivity contribution is 6.30. The molecule has 1 aromatic carbocycles. The second-order valence-electron chi connectivity index (χ2n) is 5.57. The van der Waals surface area contributed by atoms with E-state index in [4.69, 9.17) is 20.9 Å². The van der Waals surface area contributed by atoms with Gasteiger partial charge in [-0.25, -0.2) is 0 Å². The first kappa shape index (κ1) is 19.0. The first-order chi connectivity index (χ1) is 11.1. The van der Waals surface area contributed by atoms with Crippen LogP contribution in [0.15, 0.2) is 39.6 Å². The van der Waals surface area contributed by atoms with Crippen LogP contribution in [-0.4, -0.2) is 53.7 Å². The summed E-state index contributed by atoms with van der Waals surface area (Å²) in [5.41, 5.74) is 0.504. The molecule has 2 heterocycles. The second-order valence-corrected chi connectivity index (χ2v) is 6.01. The van der Waals surface area contributed by atoms with Crippen molar-refractivity contribution < 1.29 is 14.4 Å². The van der Waals surface area contributed by atoms with Crippen LogP contribution in [0.2, 0.25) is 5.02 Å². The van der Waals surface area contributed by atoms with Gasteiger partial charge in [-0.05, 0) is 24.3 Å². The molecule has 0 saturated carbocycles. The molecule has 0 radical (unpaired) electrons. The number of morpholine rings is 1. The smallest absolute Gasteiger partial charge is 0.283 e. The van der Waals surface area contributed by atoms with Gasteiger partial charge in [-0.2, -0.15) is 4.74 Å². The third kappa shape index (κ3) is 4.84. The van der Waals surface area contributed by atoms with Gasteiger partial charge in [0.05, 0.1) is 31.9 Å². The van der Waals surface area contributed by atoms with E-state index in [9.17, 15) is 9.90 Å². The maximum absolute atomic E-state index is 12.0. The van der Waals surface area contributed by atoms with Crippen LogP contribution in [-0.2, 0) is 11.3 Å². The lowest BCUT2D eigenvalue weighted by molar-refractivity contribution is 0.00611. The number of benzene rings is 1. The van der Waals surface area contributed by atoms with E-state index in [1.54, 1.807) is 24.3 Å². The second kappa shape index (κ2) is 8.69. The van der Waals surface area contributed by atoms with Gasteiger partial charge in [-0.15, -0.1) is 12.4 Å². The predicted molar refractivity (Wildman–Crippen MR) is 93.9 cm³/mol. The lowest BCUT2D eigenvalue weighted by atomic mass is 10.2. The van der Waals surface area contributed by atoms with E-state index >= 15 is 0 Å². The number of nitrogens with zero attached hydrogens (tertiary/aromatic N) is 2. The van der Waals surface area contributed by atoms with Crippen molar-refractivity contribution in [1.29, 1.82) is 0 Å². The van der Waals surface area contributed by atoms with Crippen molar-refractivity contribution in [2.75, 3.05) is 32.8 Å². The highest BCUT2D eigenvalue weighted by atomic mass is 35.5. The van der Waals surface area contributed by atoms with Gasteiger partial charge in [0, 0.05) is 30.2 Å². The summed E-state index contributed by atoms with van der Waals surface area (Å²) in [6.07, 6.45) is -0.671. The predicted octanol–water partition coefficient (Wildman–Crippen LogP) is 1.88. The summed E-state index contributed by atoms with van der Waals surface area (Å²) in [6.45, 7) is 3.55. The van der Waals surface area contributed by atoms with Crippen LogP contribution in [0, 0.1) is 0 Å². The molecule has 1 aliphatic rings. The van der Waals surface area contributed by atoms with Crippen molar-refractivity contribution in [1.82, 2.24) is 9.64 Å². The molecule has 0 aliphatic carbocycles. The summed E-state index contributed by atoms with van der Waals surface area (Å²) in [5, 5.41) is 10.8. The minimum Gasteiger partial charge on any atom is -0.390 e. The standard InChI is InChI=1S/C16H19ClN2O4.ClH/c17-13-3-1-12(2-4-13)15-9-16(21)19(23-15)11-14(20)10-18-5-7-22-8-6-18;/h1-4,9,14,20H,5-8,10-11H2;1H/t14-;/m0./s1. The maximum Gasteiger partial charge on any atom is 0.283 e. The van der Waals surface area contributed by atoms with Gasteiger partial charge in [-0.3, -0.25) is 9.69 Å². The number of hydrogen-bond donors (Lipinski definition) is 1. The minimum absolute atomic E-state index is 0. The Morgan fingerprint density at radius 2 is 1.83 bits per heavy atom. The van der Waals surface area contributed by atoms with Crippen molar-refractivity contribution in [3.05, 3.63) is 45.7 Å². The summed E-state index contributed by atoms with van der Waals surface area (Å²) < 4.78 is 12.0. The third-order valence-corrected chi connectivity index (χ3v) is 4.04. The largest absolute Gasteiger partial charge is 0.390 e. The van der Waals surface area contributed by atoms with E-state index in [2.05, 4.69) is 4.90 Å². The van der Waals surface area contributed by atoms with Gasteiger partial charge in [0.1, 0.15) is 0 Å². The van der Waals surface area contributed by atoms with Crippen LogP contribution in [0.4, 0.5) is 0 Å². The fraction of sp³-hybridized carbons (Fsp3) is 0.438. The van der Waals surface area contributed by atoms with Crippen molar-refractivity contribution in [3.8, 4) is 11.3 Å². The number of aromatic nitrogens is 1. The first-order valence-electron chi connectivity index (χ1n) is 7.57. The number of aliphatic hydroxyl groups is 1. The maximum atomic E-state index is 12.0. The molecule has 132 valence electrons. The summed E-state index contributed by atoms with van der Waals surface area (Å²) in [4.78, 5) is 14.1. The van der Waals surface area contributed by atoms with Crippen molar-refractivity contribution in [3.63, 3.8) is 0 Å². The molecule has 2 aromatic rings. The molecular weight excluding hydrogens is 355 g/mol. The number of ether oxygens (including phenoxy) is 1. The fourth-order valence-corrected chi connectivity index (χ4v) is 2.71. The van der Waals surface area contributed by atoms with Gasteiger partial charge in [-0.1, -0.05) is 11.6 Å². The summed E-state index contributed by atoms with van der Waals surface area (Å²) in [6, 6.07) is 8.47. The van der Waals surface area contributed by atoms with Crippen molar-refractivity contribution in [2.24, 2.45) is 0 Å². The average Bonchev–Trinajstić information content (AvgIpc) is 2.90. The van der Waals surface area contributed by atoms with Gasteiger partial charge < -0.3 is 14.4 Å². The molecule has 1 saturated heterocycles. The van der Waals surface area contributed by atoms with Crippen LogP contribution >= 0.6 is 24.0 Å². The topological polar surface area (TPSA) is 67.8 Å². The lowest BCUT2D eigenvalue weighted by Crippen LogP contribution is -2.42. The molecule has 3 rings (SSSR count). The molecule has 0 bridgehead atoms. The average molecular weight is 375 g/mol. The normalized spacial score (nSPS) is 16.6. The summed E-state index contributed by atoms with van der Waals surface area (Å²) in [5.74, 6) is 0.463. The fourth-order valence-electron chi connectivity index (χ4n) is 2.58. The highest BCUT2D eigenvalue weighted by Crippen LogP contribution is 2.20. The quantitative estimate of drug-likeness (QED) is 0.865. The molecule has 1 aliphatic heterocycles. The Hall–Kier alpha value is -1.31. The molecule has 24 heavy (non-hydrogen) atoms. The SMILES string of the molecule is Cl.O=c1cc(-c2ccc(Cl)cc2)on1C[C@@H](O)CN1CCOCC1. The first-order valence-corrected chi connectivity index (χ1v) is 7.95. The number of β-amino-alcohol motifs (C(OH)–C–C–N with tert-alkyl or cyclic N) is 1. The molecule has 0 spiro atoms. The van der Waals surface area contributed by atoms with E-state index < -0.39 is 6.10 Å². The van der Waals surface area contributed by atoms with Gasteiger partial charge in [0.2, 0.25) is 0 Å². The zero-order valence-electron chi connectivity index (χ0n) is 13.1. The Labute approximate surface area is 150 Å². The van der Waals surface area contributed by atoms with Gasteiger partial charge >= 0.3 is 0 Å². The number of halogens is 2. The molecule has 0 unspecified atom stereocenters. The van der Waals surface area contributed by atoms with Crippen LogP contribution in [0.3, 0.4) is 0 Å². The third-order valence-electron chi connectivity index (χ3n) is 3.79. The molecule has 1 N–H and O–H groups in total. The highest BCUT2D eigenvalue weighted by Gasteiger charge is 2.17. The number of aliphatic hydroxyl groups excluding tert-OH is 1. The van der Waals surface area contributed by atoms with Crippen LogP contribution in [0.5, 0.6) is 0 Å². The zero-order valence-corrected chi connectivity index (χ0v) is 14.6. The van der Waals surface area contributed by atoms with Gasteiger partial charge in [0.15, 0.2) is 5.76 Å². The monoisotopic (exact) mass is 374 g/mol. The van der Waals surface area contributed by atoms with E-state index in [0.717, 1.165) is 18.7 Å². The molecule has 6 nitrogen and oxygen atoms in total. The molecule has 8 heteroatoms. The Morgan fingerprint density at radius 3 is 2.50 bits per heavy atom. The Kier molecular flexibility index (Phi) is 6.89. The van der Waals surface area contributed by atoms with Crippen LogP contribution < -0.4 is 5.56 Å². The van der Waals surface area contributed by atoms with E-state index in [0.29, 0.717) is 30.5 Å². The van der Waals surface area contributed by atoms with E-state index in [1.165, 1.54) is 10.8 Å². The van der Waals surface area contributed by atoms with E-state index in [-0.39, 0.29) is 24.5 Å². The zero-order chi connectivity index (χ0) is 16.2. The molecule has 1 fully saturated rings. The van der Waals surface area contributed by atoms with Gasteiger partial charge in [0.25, 0.3) is 5.56 Å². The molecule has 1 atom stereocenters. The summed E-state index contributed by atoms with van der Waals surface area (Å²) >= 11 is 5.85. The van der Waals surface area contributed by atoms with Crippen molar-refractivity contribution >= 4 is 24.0 Å². The number of rotatable bonds is 5. The van der Waals surface area contributed by atoms with Crippen LogP contribution in [0.25, 0.3) is 11.3 Å². The Morgan fingerprint density at radius 1 is 1.17 bits per heavy atom. The number of hydrogen-bond acceptors (Lipinski definition) is 5. The Balaban J connectivity index is 0.00000208. The molecule has 1 aromatic heterocycles. The summed E-state index contributed by atoms with van der Waals surface area (Å²) in [7, 11) is 0. The Bertz CT molecular complexity index is 693. The molecular formula is C16H20Cl2N2O4.